The standard InChI is InChI=1S/C94H186O4Si/c1-12-14-16-18-20-22-24-26-28-30-31-32-33-34-35-40-46-52-58-64-70-76-82-89(93(95)97-9)92(98-99(10,11)94(5,6)7)84-78-72-66-60-54-47-41-37-36-39-45-51-57-63-69-75-81-88-85-90(88)86(3)79-73-67-61-55-49-44-42-48-53-59-65-71-77-83-91(96-8)87(4)80-74-68-62-56-50-43-38-29-27-25-23-21-19-17-15-13-2/h36-37,86-92H,12-35,38-85H2,1-11H3/b37-36+/t86-,87-,88-,89?,90+,91-,92+/m0/s1. The van der Waals surface area contributed by atoms with Crippen LogP contribution in [0.2, 0.25) is 18.1 Å². The number of ether oxygens (including phenoxy) is 2. The van der Waals surface area contributed by atoms with E-state index >= 15 is 0 Å². The smallest absolute Gasteiger partial charge is 0.311 e. The van der Waals surface area contributed by atoms with Crippen LogP contribution in [0.5, 0.6) is 0 Å². The molecule has 1 aliphatic carbocycles. The van der Waals surface area contributed by atoms with Crippen LogP contribution < -0.4 is 0 Å². The van der Waals surface area contributed by atoms with E-state index in [1.165, 1.54) is 437 Å². The second kappa shape index (κ2) is 71.6. The van der Waals surface area contributed by atoms with Gasteiger partial charge < -0.3 is 13.9 Å². The molecular weight excluding hydrogens is 1220 g/mol. The van der Waals surface area contributed by atoms with Gasteiger partial charge in [-0.1, -0.05) is 465 Å². The van der Waals surface area contributed by atoms with Gasteiger partial charge in [0.15, 0.2) is 8.32 Å². The molecule has 0 aliphatic heterocycles. The second-order valence-corrected chi connectivity index (χ2v) is 40.0. The summed E-state index contributed by atoms with van der Waals surface area (Å²) >= 11 is 0. The van der Waals surface area contributed by atoms with E-state index < -0.39 is 8.32 Å². The monoisotopic (exact) mass is 1410 g/mol. The highest BCUT2D eigenvalue weighted by Gasteiger charge is 2.42. The number of methoxy groups -OCH3 is 2. The van der Waals surface area contributed by atoms with Crippen molar-refractivity contribution in [2.75, 3.05) is 14.2 Å². The Balaban J connectivity index is 1.99. The van der Waals surface area contributed by atoms with Gasteiger partial charge in [-0.3, -0.25) is 4.79 Å². The van der Waals surface area contributed by atoms with Crippen molar-refractivity contribution in [2.45, 2.75) is 541 Å². The number of esters is 1. The van der Waals surface area contributed by atoms with E-state index in [0.717, 1.165) is 43.4 Å². The van der Waals surface area contributed by atoms with Crippen LogP contribution in [0.15, 0.2) is 12.2 Å². The van der Waals surface area contributed by atoms with Crippen LogP contribution in [-0.2, 0) is 18.7 Å². The van der Waals surface area contributed by atoms with Crippen molar-refractivity contribution in [1.82, 2.24) is 0 Å². The molecule has 0 saturated heterocycles. The zero-order chi connectivity index (χ0) is 72.1. The molecule has 0 N–H and O–H groups in total. The quantitative estimate of drug-likeness (QED) is 0.0263. The first-order valence-corrected chi connectivity index (χ1v) is 49.2. The van der Waals surface area contributed by atoms with Gasteiger partial charge in [-0.2, -0.15) is 0 Å². The second-order valence-electron chi connectivity index (χ2n) is 35.3. The zero-order valence-corrected chi connectivity index (χ0v) is 71.2. The maximum atomic E-state index is 13.4. The number of hydrogen-bond donors (Lipinski definition) is 0. The van der Waals surface area contributed by atoms with Crippen LogP contribution in [0.4, 0.5) is 0 Å². The number of allylic oxidation sites excluding steroid dienone is 2. The Hall–Kier alpha value is -0.653. The van der Waals surface area contributed by atoms with E-state index in [4.69, 9.17) is 13.9 Å². The predicted octanol–water partition coefficient (Wildman–Crippen LogP) is 33.4. The van der Waals surface area contributed by atoms with Crippen molar-refractivity contribution in [3.8, 4) is 0 Å². The van der Waals surface area contributed by atoms with Gasteiger partial charge in [0, 0.05) is 7.11 Å². The third-order valence-corrected chi connectivity index (χ3v) is 29.4. The third kappa shape index (κ3) is 61.1. The molecule has 0 spiro atoms. The summed E-state index contributed by atoms with van der Waals surface area (Å²) in [7, 11) is 1.51. The van der Waals surface area contributed by atoms with Crippen LogP contribution in [0, 0.1) is 29.6 Å². The highest BCUT2D eigenvalue weighted by atomic mass is 28.4. The minimum atomic E-state index is -2.04. The van der Waals surface area contributed by atoms with Gasteiger partial charge in [-0.05, 0) is 99.6 Å². The molecular formula is C94H186O4Si. The Morgan fingerprint density at radius 1 is 0.364 bits per heavy atom. The molecule has 1 rings (SSSR count). The molecule has 1 unspecified atom stereocenters. The fraction of sp³-hybridized carbons (Fsp3) is 0.968. The third-order valence-electron chi connectivity index (χ3n) is 24.9. The van der Waals surface area contributed by atoms with Gasteiger partial charge in [0.2, 0.25) is 0 Å². The lowest BCUT2D eigenvalue weighted by atomic mass is 9.91. The van der Waals surface area contributed by atoms with Crippen molar-refractivity contribution in [2.24, 2.45) is 29.6 Å². The molecule has 0 aromatic heterocycles. The average molecular weight is 1410 g/mol. The Labute approximate surface area is 626 Å². The summed E-state index contributed by atoms with van der Waals surface area (Å²) < 4.78 is 18.6. The summed E-state index contributed by atoms with van der Waals surface area (Å²) in [5.41, 5.74) is 0. The van der Waals surface area contributed by atoms with E-state index in [0.29, 0.717) is 12.0 Å². The molecule has 0 heterocycles. The van der Waals surface area contributed by atoms with E-state index in [1.807, 2.05) is 7.11 Å². The average Bonchev–Trinajstić information content (AvgIpc) is 1.51. The van der Waals surface area contributed by atoms with Crippen molar-refractivity contribution in [3.63, 3.8) is 0 Å². The molecule has 590 valence electrons. The number of rotatable bonds is 81. The molecule has 0 radical (unpaired) electrons. The summed E-state index contributed by atoms with van der Waals surface area (Å²) in [6.07, 6.45) is 106. The molecule has 7 atom stereocenters. The van der Waals surface area contributed by atoms with Crippen LogP contribution in [0.3, 0.4) is 0 Å². The molecule has 4 nitrogen and oxygen atoms in total. The van der Waals surface area contributed by atoms with Crippen LogP contribution in [0.1, 0.15) is 511 Å². The first-order valence-electron chi connectivity index (χ1n) is 46.3. The van der Waals surface area contributed by atoms with E-state index in [-0.39, 0.29) is 23.0 Å². The Kier molecular flexibility index (Phi) is 69.7. The van der Waals surface area contributed by atoms with Gasteiger partial charge in [0.05, 0.1) is 25.2 Å². The van der Waals surface area contributed by atoms with Gasteiger partial charge in [0.1, 0.15) is 0 Å². The van der Waals surface area contributed by atoms with Crippen molar-refractivity contribution in [3.05, 3.63) is 12.2 Å². The Bertz CT molecular complexity index is 1650. The van der Waals surface area contributed by atoms with E-state index in [2.05, 4.69) is 73.7 Å². The normalized spacial score (nSPS) is 15.9. The molecule has 99 heavy (non-hydrogen) atoms. The SMILES string of the molecule is CCCCCCCCCCCCCCCCCCCCCCCCC(C(=O)OC)[C@@H](CCCCCCCC/C=C/CCCCCCCC[C@H]1C[C@@H]1[C@@H](C)CCCCCCCCCCCCCCC[C@H](OC)[C@@H](C)CCCCCCCCCCCCCCCCCC)O[Si](C)(C)C(C)(C)C. The van der Waals surface area contributed by atoms with Gasteiger partial charge in [-0.15, -0.1) is 0 Å². The molecule has 1 fully saturated rings. The molecule has 1 saturated carbocycles. The first-order chi connectivity index (χ1) is 48.3. The summed E-state index contributed by atoms with van der Waals surface area (Å²) in [5, 5.41) is 0.118. The minimum Gasteiger partial charge on any atom is -0.469 e. The van der Waals surface area contributed by atoms with Gasteiger partial charge in [0.25, 0.3) is 0 Å². The Morgan fingerprint density at radius 2 is 0.636 bits per heavy atom. The lowest BCUT2D eigenvalue weighted by molar-refractivity contribution is -0.149. The van der Waals surface area contributed by atoms with E-state index in [9.17, 15) is 4.79 Å². The van der Waals surface area contributed by atoms with Crippen molar-refractivity contribution >= 4 is 14.3 Å². The number of hydrogen-bond acceptors (Lipinski definition) is 4. The summed E-state index contributed by atoms with van der Waals surface area (Å²) in [6, 6.07) is 0. The maximum absolute atomic E-state index is 13.4. The molecule has 5 heteroatoms. The van der Waals surface area contributed by atoms with Crippen molar-refractivity contribution in [1.29, 1.82) is 0 Å². The fourth-order valence-corrected chi connectivity index (χ4v) is 17.9. The van der Waals surface area contributed by atoms with Gasteiger partial charge in [-0.25, -0.2) is 0 Å². The molecule has 0 bridgehead atoms. The van der Waals surface area contributed by atoms with E-state index in [1.54, 1.807) is 7.11 Å². The fourth-order valence-electron chi connectivity index (χ4n) is 16.5. The minimum absolute atomic E-state index is 0.0254. The first kappa shape index (κ1) is 96.4. The molecule has 0 amide bonds. The Morgan fingerprint density at radius 3 is 0.949 bits per heavy atom. The summed E-state index contributed by atoms with van der Waals surface area (Å²) in [4.78, 5) is 13.4. The summed E-state index contributed by atoms with van der Waals surface area (Å²) in [5.74, 6) is 3.60. The lowest BCUT2D eigenvalue weighted by Gasteiger charge is -2.41. The topological polar surface area (TPSA) is 44.8 Å². The summed E-state index contributed by atoms with van der Waals surface area (Å²) in [6.45, 7) is 21.4. The molecule has 1 aliphatic rings. The number of carbonyl (C=O) groups excluding carboxylic acids is 1. The number of carbonyl (C=O) groups is 1. The van der Waals surface area contributed by atoms with Crippen LogP contribution in [0.25, 0.3) is 0 Å². The van der Waals surface area contributed by atoms with Crippen molar-refractivity contribution < 1.29 is 18.7 Å². The van der Waals surface area contributed by atoms with Crippen LogP contribution >= 0.6 is 0 Å². The largest absolute Gasteiger partial charge is 0.469 e. The maximum Gasteiger partial charge on any atom is 0.311 e. The molecule has 0 aromatic carbocycles. The van der Waals surface area contributed by atoms with Gasteiger partial charge >= 0.3 is 5.97 Å². The predicted molar refractivity (Wildman–Crippen MR) is 447 cm³/mol. The van der Waals surface area contributed by atoms with Crippen LogP contribution in [-0.4, -0.2) is 40.7 Å². The zero-order valence-electron chi connectivity index (χ0n) is 70.2. The number of unbranched alkanes of at least 4 members (excludes halogenated alkanes) is 60. The lowest BCUT2D eigenvalue weighted by Crippen LogP contribution is -2.47. The highest BCUT2D eigenvalue weighted by Crippen LogP contribution is 2.49. The molecule has 0 aromatic rings. The highest BCUT2D eigenvalue weighted by molar-refractivity contribution is 6.74.